The SMILES string of the molecule is O=C([O-])CN(CC(COP(=O)([O-])OCCCc1ccccc1)N(CC(=O)[O-])CC(=O)[O-])CC(c1ccccc1)N(CC(=O)[O-])CC(=O)[O-]. The molecular weight excluding hydrogens is 657 g/mol. The van der Waals surface area contributed by atoms with Crippen molar-refractivity contribution >= 4 is 37.7 Å². The Bertz CT molecular complexity index is 1370. The average molecular weight is 692 g/mol. The van der Waals surface area contributed by atoms with Gasteiger partial charge >= 0.3 is 0 Å². The van der Waals surface area contributed by atoms with Gasteiger partial charge in [-0.3, -0.25) is 19.3 Å². The van der Waals surface area contributed by atoms with Gasteiger partial charge in [0.15, 0.2) is 0 Å². The van der Waals surface area contributed by atoms with Gasteiger partial charge in [0.05, 0.1) is 43.1 Å². The lowest BCUT2D eigenvalue weighted by molar-refractivity contribution is -0.313. The number of carbonyl (C=O) groups excluding carboxylic acids is 5. The molecule has 0 saturated carbocycles. The normalized spacial score (nSPS) is 14.0. The van der Waals surface area contributed by atoms with Crippen molar-refractivity contribution in [2.24, 2.45) is 0 Å². The third-order valence-electron chi connectivity index (χ3n) is 6.85. The van der Waals surface area contributed by atoms with Crippen molar-refractivity contribution in [1.82, 2.24) is 14.7 Å². The fraction of sp³-hybridized carbons (Fsp3) is 0.433. The van der Waals surface area contributed by atoms with Crippen LogP contribution in [0, 0.1) is 0 Å². The summed E-state index contributed by atoms with van der Waals surface area (Å²) in [6, 6.07) is 14.1. The molecule has 17 nitrogen and oxygen atoms in total. The van der Waals surface area contributed by atoms with Gasteiger partial charge < -0.3 is 63.4 Å². The Morgan fingerprint density at radius 1 is 0.646 bits per heavy atom. The summed E-state index contributed by atoms with van der Waals surface area (Å²) in [5.74, 6) is -8.56. The van der Waals surface area contributed by atoms with Gasteiger partial charge in [0.2, 0.25) is 0 Å². The van der Waals surface area contributed by atoms with Crippen molar-refractivity contribution < 1.29 is 68.0 Å². The Hall–Kier alpha value is -4.22. The maximum atomic E-state index is 12.6. The quantitative estimate of drug-likeness (QED) is 0.0692. The fourth-order valence-electron chi connectivity index (χ4n) is 4.87. The monoisotopic (exact) mass is 691 g/mol. The van der Waals surface area contributed by atoms with Crippen LogP contribution in [-0.2, 0) is 44.0 Å². The van der Waals surface area contributed by atoms with E-state index < -0.39 is 102 Å². The van der Waals surface area contributed by atoms with Crippen LogP contribution in [0.4, 0.5) is 0 Å². The highest BCUT2D eigenvalue weighted by atomic mass is 31.2. The van der Waals surface area contributed by atoms with Crippen molar-refractivity contribution in [3.63, 3.8) is 0 Å². The number of phosphoric ester groups is 1. The molecule has 2 aromatic carbocycles. The molecule has 0 bridgehead atoms. The number of carboxylic acid groups (broad SMARTS) is 5. The highest BCUT2D eigenvalue weighted by molar-refractivity contribution is 7.45. The smallest absolute Gasteiger partial charge is 0.267 e. The standard InChI is InChI=1S/C30H40N3O14P/c34-26(35)16-31(15-25(23-11-5-2-6-12-23)33(19-29(40)41)20-30(42)43)14-24(32(17-27(36)37)18-28(38)39)21-47-48(44,45)46-13-7-10-22-8-3-1-4-9-22/h1-6,8-9,11-12,24-25H,7,10,13-21H2,(H,34,35)(H,36,37)(H,38,39)(H,40,41)(H,42,43)(H,44,45)/p-6. The van der Waals surface area contributed by atoms with E-state index in [9.17, 15) is 59.0 Å². The third kappa shape index (κ3) is 16.1. The van der Waals surface area contributed by atoms with E-state index in [0.29, 0.717) is 16.9 Å². The first-order chi connectivity index (χ1) is 22.6. The minimum absolute atomic E-state index is 0.277. The number of carbonyl (C=O) groups is 5. The second-order valence-corrected chi connectivity index (χ2v) is 12.0. The zero-order chi connectivity index (χ0) is 35.7. The molecule has 2 rings (SSSR count). The predicted octanol–water partition coefficient (Wildman–Crippen LogP) is -6.11. The van der Waals surface area contributed by atoms with E-state index in [1.165, 1.54) is 12.1 Å². The number of rotatable bonds is 25. The molecule has 0 spiro atoms. The number of phosphoric acid groups is 1. The lowest BCUT2D eigenvalue weighted by Crippen LogP contribution is -2.56. The van der Waals surface area contributed by atoms with Crippen LogP contribution in [-0.4, -0.2) is 110 Å². The molecule has 0 amide bonds. The van der Waals surface area contributed by atoms with Crippen LogP contribution in [0.2, 0.25) is 0 Å². The topological polar surface area (TPSA) is 269 Å². The second kappa shape index (κ2) is 20.2. The molecule has 0 aliphatic carbocycles. The number of hydrogen-bond acceptors (Lipinski definition) is 17. The largest absolute Gasteiger partial charge is 0.756 e. The molecule has 3 unspecified atom stereocenters. The summed E-state index contributed by atoms with van der Waals surface area (Å²) in [7, 11) is -5.07. The van der Waals surface area contributed by atoms with Crippen LogP contribution >= 0.6 is 7.82 Å². The molecule has 2 aromatic rings. The number of carboxylic acids is 5. The molecule has 264 valence electrons. The van der Waals surface area contributed by atoms with Crippen LogP contribution in [0.5, 0.6) is 0 Å². The van der Waals surface area contributed by atoms with Gasteiger partial charge in [0.1, 0.15) is 0 Å². The van der Waals surface area contributed by atoms with Crippen molar-refractivity contribution in [2.75, 3.05) is 59.0 Å². The van der Waals surface area contributed by atoms with Crippen LogP contribution in [0.15, 0.2) is 60.7 Å². The van der Waals surface area contributed by atoms with Crippen LogP contribution < -0.4 is 30.4 Å². The number of aryl methyl sites for hydroxylation is 1. The molecule has 0 aliphatic rings. The maximum Gasteiger partial charge on any atom is 0.267 e. The van der Waals surface area contributed by atoms with E-state index in [1.807, 2.05) is 18.2 Å². The molecule has 0 fully saturated rings. The van der Waals surface area contributed by atoms with Gasteiger partial charge in [-0.25, -0.2) is 0 Å². The summed E-state index contributed by atoms with van der Waals surface area (Å²) < 4.78 is 22.5. The molecular formula is C30H34N3O14P-6. The minimum atomic E-state index is -5.07. The number of aliphatic carboxylic acids is 5. The summed E-state index contributed by atoms with van der Waals surface area (Å²) in [6.45, 7) is -7.24. The average Bonchev–Trinajstić information content (AvgIpc) is 2.99. The summed E-state index contributed by atoms with van der Waals surface area (Å²) in [5, 5.41) is 57.8. The van der Waals surface area contributed by atoms with Crippen LogP contribution in [0.25, 0.3) is 0 Å². The number of hydrogen-bond donors (Lipinski definition) is 0. The predicted molar refractivity (Wildman–Crippen MR) is 152 cm³/mol. The summed E-state index contributed by atoms with van der Waals surface area (Å²) >= 11 is 0. The summed E-state index contributed by atoms with van der Waals surface area (Å²) in [5.41, 5.74) is 1.24. The van der Waals surface area contributed by atoms with Gasteiger partial charge in [0.25, 0.3) is 7.82 Å². The molecule has 48 heavy (non-hydrogen) atoms. The number of benzene rings is 2. The van der Waals surface area contributed by atoms with E-state index in [2.05, 4.69) is 0 Å². The van der Waals surface area contributed by atoms with Crippen molar-refractivity contribution in [2.45, 2.75) is 24.9 Å². The molecule has 18 heteroatoms. The first-order valence-electron chi connectivity index (χ1n) is 14.5. The summed E-state index contributed by atoms with van der Waals surface area (Å²) in [6.07, 6.45) is 0.751. The summed E-state index contributed by atoms with van der Waals surface area (Å²) in [4.78, 5) is 73.1. The Labute approximate surface area is 276 Å². The zero-order valence-corrected chi connectivity index (χ0v) is 26.6. The Kier molecular flexibility index (Phi) is 16.8. The molecule has 0 aliphatic heterocycles. The van der Waals surface area contributed by atoms with Crippen molar-refractivity contribution in [1.29, 1.82) is 0 Å². The van der Waals surface area contributed by atoms with Gasteiger partial charge in [-0.05, 0) is 24.0 Å². The van der Waals surface area contributed by atoms with Gasteiger partial charge in [-0.15, -0.1) is 0 Å². The molecule has 0 N–H and O–H groups in total. The highest BCUT2D eigenvalue weighted by Gasteiger charge is 2.29. The van der Waals surface area contributed by atoms with Crippen molar-refractivity contribution in [3.05, 3.63) is 71.8 Å². The Morgan fingerprint density at radius 3 is 1.62 bits per heavy atom. The first-order valence-corrected chi connectivity index (χ1v) is 16.0. The lowest BCUT2D eigenvalue weighted by atomic mass is 10.0. The van der Waals surface area contributed by atoms with E-state index in [1.54, 1.807) is 30.3 Å². The molecule has 3 atom stereocenters. The zero-order valence-electron chi connectivity index (χ0n) is 25.7. The van der Waals surface area contributed by atoms with Gasteiger partial charge in [0, 0.05) is 57.9 Å². The molecule has 0 aromatic heterocycles. The number of nitrogens with zero attached hydrogens (tertiary/aromatic N) is 3. The van der Waals surface area contributed by atoms with Gasteiger partial charge in [-0.1, -0.05) is 60.7 Å². The van der Waals surface area contributed by atoms with Gasteiger partial charge in [-0.2, -0.15) is 0 Å². The molecule has 0 heterocycles. The van der Waals surface area contributed by atoms with E-state index in [4.69, 9.17) is 9.05 Å². The van der Waals surface area contributed by atoms with E-state index in [0.717, 1.165) is 15.4 Å². The Balaban J connectivity index is 2.37. The minimum Gasteiger partial charge on any atom is -0.756 e. The molecule has 0 radical (unpaired) electrons. The maximum absolute atomic E-state index is 12.6. The highest BCUT2D eigenvalue weighted by Crippen LogP contribution is 2.39. The lowest BCUT2D eigenvalue weighted by Gasteiger charge is -2.40. The Morgan fingerprint density at radius 2 is 1.12 bits per heavy atom. The van der Waals surface area contributed by atoms with Crippen LogP contribution in [0.1, 0.15) is 23.6 Å². The second-order valence-electron chi connectivity index (χ2n) is 10.6. The molecule has 0 saturated heterocycles. The van der Waals surface area contributed by atoms with Crippen LogP contribution in [0.3, 0.4) is 0 Å². The fourth-order valence-corrected chi connectivity index (χ4v) is 5.66. The van der Waals surface area contributed by atoms with E-state index >= 15 is 0 Å². The van der Waals surface area contributed by atoms with E-state index in [-0.39, 0.29) is 13.0 Å². The van der Waals surface area contributed by atoms with Crippen molar-refractivity contribution in [3.8, 4) is 0 Å². The third-order valence-corrected chi connectivity index (χ3v) is 7.81. The first kappa shape index (κ1) is 40.0.